The van der Waals surface area contributed by atoms with Crippen LogP contribution in [0.25, 0.3) is 0 Å². The molecule has 84 valence electrons. The Balaban J connectivity index is 3.78. The Morgan fingerprint density at radius 3 is 2.43 bits per heavy atom. The predicted octanol–water partition coefficient (Wildman–Crippen LogP) is -0.545. The van der Waals surface area contributed by atoms with Gasteiger partial charge in [0.25, 0.3) is 0 Å². The molecule has 0 radical (unpaired) electrons. The molecule has 0 aliphatic carbocycles. The first kappa shape index (κ1) is 13.4. The summed E-state index contributed by atoms with van der Waals surface area (Å²) < 4.78 is 9.71. The number of methoxy groups -OCH3 is 2. The Labute approximate surface area is 85.1 Å². The van der Waals surface area contributed by atoms with Crippen LogP contribution in [0.4, 0.5) is 0 Å². The number of hydrogen-bond donors (Lipinski definition) is 1. The topological polar surface area (TPSA) is 64.8 Å². The molecule has 0 rings (SSSR count). The quantitative estimate of drug-likeness (QED) is 0.604. The van der Waals surface area contributed by atoms with Gasteiger partial charge in [0.2, 0.25) is 5.91 Å². The van der Waals surface area contributed by atoms with Gasteiger partial charge in [0.15, 0.2) is 0 Å². The molecule has 0 spiro atoms. The molecule has 2 N–H and O–H groups in total. The lowest BCUT2D eigenvalue weighted by Gasteiger charge is -2.20. The van der Waals surface area contributed by atoms with E-state index in [0.29, 0.717) is 26.2 Å². The SMILES string of the molecule is COCCC(N)C(=O)N(C)CCOC. The van der Waals surface area contributed by atoms with E-state index >= 15 is 0 Å². The number of nitrogens with zero attached hydrogens (tertiary/aromatic N) is 1. The fourth-order valence-electron chi connectivity index (χ4n) is 0.990. The van der Waals surface area contributed by atoms with Crippen molar-refractivity contribution >= 4 is 5.91 Å². The largest absolute Gasteiger partial charge is 0.385 e. The van der Waals surface area contributed by atoms with Crippen LogP contribution in [0.5, 0.6) is 0 Å². The molecule has 0 fully saturated rings. The molecule has 0 aliphatic rings. The second-order valence-corrected chi connectivity index (χ2v) is 3.14. The van der Waals surface area contributed by atoms with Crippen LogP contribution in [0.3, 0.4) is 0 Å². The molecule has 0 heterocycles. The van der Waals surface area contributed by atoms with Crippen LogP contribution in [0.2, 0.25) is 0 Å². The Hall–Kier alpha value is -0.650. The number of amides is 1. The highest BCUT2D eigenvalue weighted by Crippen LogP contribution is 1.95. The lowest BCUT2D eigenvalue weighted by molar-refractivity contribution is -0.132. The summed E-state index contributed by atoms with van der Waals surface area (Å²) in [6.07, 6.45) is 0.548. The predicted molar refractivity (Wildman–Crippen MR) is 54.0 cm³/mol. The number of hydrogen-bond acceptors (Lipinski definition) is 4. The minimum absolute atomic E-state index is 0.0703. The van der Waals surface area contributed by atoms with Crippen LogP contribution in [-0.2, 0) is 14.3 Å². The van der Waals surface area contributed by atoms with Crippen molar-refractivity contribution in [2.24, 2.45) is 5.73 Å². The van der Waals surface area contributed by atoms with E-state index in [0.717, 1.165) is 0 Å². The van der Waals surface area contributed by atoms with Gasteiger partial charge in [0.1, 0.15) is 0 Å². The van der Waals surface area contributed by atoms with Crippen molar-refractivity contribution in [2.45, 2.75) is 12.5 Å². The number of carbonyl (C=O) groups is 1. The van der Waals surface area contributed by atoms with E-state index in [9.17, 15) is 4.79 Å². The van der Waals surface area contributed by atoms with E-state index in [1.54, 1.807) is 26.2 Å². The average molecular weight is 204 g/mol. The molecule has 0 aliphatic heterocycles. The van der Waals surface area contributed by atoms with E-state index in [1.165, 1.54) is 0 Å². The molecule has 5 nitrogen and oxygen atoms in total. The van der Waals surface area contributed by atoms with Gasteiger partial charge in [-0.15, -0.1) is 0 Å². The van der Waals surface area contributed by atoms with Crippen LogP contribution in [0.1, 0.15) is 6.42 Å². The summed E-state index contributed by atoms with van der Waals surface area (Å²) in [5, 5.41) is 0. The van der Waals surface area contributed by atoms with Gasteiger partial charge in [-0.05, 0) is 6.42 Å². The Bertz CT molecular complexity index is 148. The molecule has 0 aromatic heterocycles. The third-order valence-electron chi connectivity index (χ3n) is 1.96. The Kier molecular flexibility index (Phi) is 7.37. The standard InChI is InChI=1S/C9H20N2O3/c1-11(5-7-14-3)9(12)8(10)4-6-13-2/h8H,4-7,10H2,1-3H3. The van der Waals surface area contributed by atoms with Gasteiger partial charge in [0.05, 0.1) is 12.6 Å². The minimum atomic E-state index is -0.475. The molecule has 5 heteroatoms. The highest BCUT2D eigenvalue weighted by Gasteiger charge is 2.16. The number of nitrogens with two attached hydrogens (primary N) is 1. The monoisotopic (exact) mass is 204 g/mol. The highest BCUT2D eigenvalue weighted by atomic mass is 16.5. The summed E-state index contributed by atoms with van der Waals surface area (Å²) in [6, 6.07) is -0.475. The molecule has 1 atom stereocenters. The van der Waals surface area contributed by atoms with Crippen LogP contribution in [0.15, 0.2) is 0 Å². The molecule has 1 unspecified atom stereocenters. The van der Waals surface area contributed by atoms with Crippen LogP contribution >= 0.6 is 0 Å². The van der Waals surface area contributed by atoms with E-state index in [1.807, 2.05) is 0 Å². The van der Waals surface area contributed by atoms with Crippen molar-refractivity contribution in [1.82, 2.24) is 4.90 Å². The summed E-state index contributed by atoms with van der Waals surface area (Å²) in [5.41, 5.74) is 5.66. The Morgan fingerprint density at radius 2 is 1.93 bits per heavy atom. The number of likely N-dealkylation sites (N-methyl/N-ethyl adjacent to an activating group) is 1. The summed E-state index contributed by atoms with van der Waals surface area (Å²) in [6.45, 7) is 1.60. The zero-order chi connectivity index (χ0) is 11.0. The van der Waals surface area contributed by atoms with Crippen molar-refractivity contribution in [3.05, 3.63) is 0 Å². The normalized spacial score (nSPS) is 12.6. The molecular formula is C9H20N2O3. The molecule has 0 saturated heterocycles. The van der Waals surface area contributed by atoms with Gasteiger partial charge in [-0.2, -0.15) is 0 Å². The van der Waals surface area contributed by atoms with Crippen molar-refractivity contribution in [2.75, 3.05) is 41.0 Å². The molecular weight excluding hydrogens is 184 g/mol. The fourth-order valence-corrected chi connectivity index (χ4v) is 0.990. The lowest BCUT2D eigenvalue weighted by Crippen LogP contribution is -2.43. The minimum Gasteiger partial charge on any atom is -0.385 e. The summed E-state index contributed by atoms with van der Waals surface area (Å²) in [4.78, 5) is 13.1. The van der Waals surface area contributed by atoms with Gasteiger partial charge in [0, 0.05) is 34.4 Å². The first-order valence-corrected chi connectivity index (χ1v) is 4.62. The number of ether oxygens (including phenoxy) is 2. The second-order valence-electron chi connectivity index (χ2n) is 3.14. The maximum Gasteiger partial charge on any atom is 0.239 e. The zero-order valence-electron chi connectivity index (χ0n) is 9.16. The van der Waals surface area contributed by atoms with Crippen molar-refractivity contribution < 1.29 is 14.3 Å². The van der Waals surface area contributed by atoms with E-state index < -0.39 is 6.04 Å². The summed E-state index contributed by atoms with van der Waals surface area (Å²) in [5.74, 6) is -0.0703. The van der Waals surface area contributed by atoms with E-state index in [-0.39, 0.29) is 5.91 Å². The second kappa shape index (κ2) is 7.73. The van der Waals surface area contributed by atoms with Crippen LogP contribution in [-0.4, -0.2) is 57.9 Å². The maximum absolute atomic E-state index is 11.5. The number of rotatable bonds is 7. The van der Waals surface area contributed by atoms with Crippen molar-refractivity contribution in [3.63, 3.8) is 0 Å². The maximum atomic E-state index is 11.5. The van der Waals surface area contributed by atoms with Gasteiger partial charge >= 0.3 is 0 Å². The molecule has 0 saturated carbocycles. The molecule has 1 amide bonds. The lowest BCUT2D eigenvalue weighted by atomic mass is 10.2. The third kappa shape index (κ3) is 5.16. The van der Waals surface area contributed by atoms with E-state index in [2.05, 4.69) is 0 Å². The van der Waals surface area contributed by atoms with Gasteiger partial charge < -0.3 is 20.1 Å². The van der Waals surface area contributed by atoms with Gasteiger partial charge in [-0.1, -0.05) is 0 Å². The third-order valence-corrected chi connectivity index (χ3v) is 1.96. The van der Waals surface area contributed by atoms with Crippen LogP contribution < -0.4 is 5.73 Å². The molecule has 0 bridgehead atoms. The Morgan fingerprint density at radius 1 is 1.36 bits per heavy atom. The van der Waals surface area contributed by atoms with Crippen LogP contribution in [0, 0.1) is 0 Å². The average Bonchev–Trinajstić information content (AvgIpc) is 2.21. The zero-order valence-corrected chi connectivity index (χ0v) is 9.16. The first-order valence-electron chi connectivity index (χ1n) is 4.62. The first-order chi connectivity index (χ1) is 6.63. The molecule has 0 aromatic rings. The highest BCUT2D eigenvalue weighted by molar-refractivity contribution is 5.81. The smallest absolute Gasteiger partial charge is 0.239 e. The van der Waals surface area contributed by atoms with Gasteiger partial charge in [-0.3, -0.25) is 4.79 Å². The van der Waals surface area contributed by atoms with Gasteiger partial charge in [-0.25, -0.2) is 0 Å². The molecule has 14 heavy (non-hydrogen) atoms. The van der Waals surface area contributed by atoms with Crippen molar-refractivity contribution in [3.8, 4) is 0 Å². The summed E-state index contributed by atoms with van der Waals surface area (Å²) in [7, 11) is 4.91. The molecule has 0 aromatic carbocycles. The van der Waals surface area contributed by atoms with E-state index in [4.69, 9.17) is 15.2 Å². The summed E-state index contributed by atoms with van der Waals surface area (Å²) >= 11 is 0. The fraction of sp³-hybridized carbons (Fsp3) is 0.889. The number of carbonyl (C=O) groups excluding carboxylic acids is 1. The van der Waals surface area contributed by atoms with Crippen molar-refractivity contribution in [1.29, 1.82) is 0 Å².